The second-order valence-corrected chi connectivity index (χ2v) is 21.5. The number of pyridine rings is 5. The molecular weight excluding hydrogens is 959 g/mol. The lowest BCUT2D eigenvalue weighted by molar-refractivity contribution is -0.661. The van der Waals surface area contributed by atoms with Gasteiger partial charge in [0, 0.05) is 89.6 Å². The van der Waals surface area contributed by atoms with E-state index in [1.807, 2.05) is 48.9 Å². The van der Waals surface area contributed by atoms with Crippen molar-refractivity contribution in [1.29, 1.82) is 0 Å². The van der Waals surface area contributed by atoms with Gasteiger partial charge in [-0.3, -0.25) is 0 Å². The molecule has 0 unspecified atom stereocenters. The Morgan fingerprint density at radius 3 is 1.14 bits per heavy atom. The first-order valence-electron chi connectivity index (χ1n) is 29.0. The number of nitrogens with zero attached hydrogens (tertiary/aromatic N) is 5. The molecule has 10 rings (SSSR count). The van der Waals surface area contributed by atoms with Gasteiger partial charge >= 0.3 is 0 Å². The van der Waals surface area contributed by atoms with Crippen molar-refractivity contribution in [2.45, 2.75) is 96.9 Å². The Morgan fingerprint density at radius 2 is 0.671 bits per heavy atom. The van der Waals surface area contributed by atoms with E-state index in [2.05, 4.69) is 276 Å². The number of hydrogen-bond donors (Lipinski definition) is 0. The topological polar surface area (TPSA) is 19.4 Å². The van der Waals surface area contributed by atoms with Crippen LogP contribution in [0.5, 0.6) is 0 Å². The molecule has 0 saturated heterocycles. The van der Waals surface area contributed by atoms with Crippen LogP contribution in [0.4, 0.5) is 0 Å². The van der Waals surface area contributed by atoms with Crippen molar-refractivity contribution in [2.24, 2.45) is 35.2 Å². The van der Waals surface area contributed by atoms with Crippen molar-refractivity contribution in [3.63, 3.8) is 0 Å². The third-order valence-corrected chi connectivity index (χ3v) is 15.1. The summed E-state index contributed by atoms with van der Waals surface area (Å²) in [5.74, 6) is 0. The largest absolute Gasteiger partial charge is 0.215 e. The standard InChI is InChI=1S/C16H20N.2C15H18N.2C14H16N/c1-11-8-6-7-9-15(11)16-14(4)13(3)12(2)10-17(16)5;1-11-9-13(3)15(16(4)10-11)14-8-6-5-7-12(14)2;1-11-7-5-6-8-14(11)15-9-12(2)13(3)10-16(15)4;1-11-8-9-15(3)14(10-11)13-7-5-4-6-12(13)2;1-11-8-9-14(15(3)10-11)13-7-5-4-6-12(13)2/h6-10H,1-5H3;2*5-10H,1-4H3;2*4-10H,1-3H3/q5*+1/i;;;;1D3. The summed E-state index contributed by atoms with van der Waals surface area (Å²) in [5.41, 5.74) is 30.1. The van der Waals surface area contributed by atoms with E-state index >= 15 is 0 Å². The van der Waals surface area contributed by atoms with Gasteiger partial charge in [-0.25, -0.2) is 22.8 Å². The van der Waals surface area contributed by atoms with Gasteiger partial charge in [0.25, 0.3) is 0 Å². The first kappa shape index (κ1) is 55.6. The summed E-state index contributed by atoms with van der Waals surface area (Å²) in [6, 6.07) is 54.6. The average molecular weight is 1050 g/mol. The Kier molecular flexibility index (Phi) is 19.3. The normalized spacial score (nSPS) is 11.2. The maximum Gasteiger partial charge on any atom is 0.215 e. The third kappa shape index (κ3) is 15.3. The highest BCUT2D eigenvalue weighted by molar-refractivity contribution is 5.67. The lowest BCUT2D eigenvalue weighted by Crippen LogP contribution is -2.33. The Morgan fingerprint density at radius 1 is 0.266 bits per heavy atom. The molecule has 0 fully saturated rings. The van der Waals surface area contributed by atoms with Gasteiger partial charge in [0.05, 0.1) is 0 Å². The fourth-order valence-corrected chi connectivity index (χ4v) is 10.3. The number of benzene rings is 5. The molecule has 0 aliphatic rings. The number of aromatic nitrogens is 5. The van der Waals surface area contributed by atoms with Crippen molar-refractivity contribution < 1.29 is 26.9 Å². The Bertz CT molecular complexity index is 3830. The van der Waals surface area contributed by atoms with Gasteiger partial charge in [0.15, 0.2) is 31.0 Å². The van der Waals surface area contributed by atoms with Crippen LogP contribution in [0, 0.1) is 96.9 Å². The van der Waals surface area contributed by atoms with E-state index in [0.29, 0.717) is 5.56 Å². The molecule has 0 spiro atoms. The maximum atomic E-state index is 7.41. The molecule has 5 aromatic carbocycles. The summed E-state index contributed by atoms with van der Waals surface area (Å²) in [5, 5.41) is 0. The smallest absolute Gasteiger partial charge is 0.201 e. The van der Waals surface area contributed by atoms with Crippen molar-refractivity contribution in [1.82, 2.24) is 0 Å². The van der Waals surface area contributed by atoms with Crippen LogP contribution in [0.25, 0.3) is 56.3 Å². The van der Waals surface area contributed by atoms with Gasteiger partial charge in [0.2, 0.25) is 28.5 Å². The predicted octanol–water partition coefficient (Wildman–Crippen LogP) is 15.2. The molecule has 5 heterocycles. The van der Waals surface area contributed by atoms with Gasteiger partial charge in [-0.05, 0) is 184 Å². The van der Waals surface area contributed by atoms with Crippen LogP contribution in [-0.4, -0.2) is 0 Å². The van der Waals surface area contributed by atoms with Gasteiger partial charge in [-0.2, -0.15) is 0 Å². The lowest BCUT2D eigenvalue weighted by Gasteiger charge is -2.10. The molecule has 79 heavy (non-hydrogen) atoms. The zero-order chi connectivity index (χ0) is 60.2. The zero-order valence-electron chi connectivity index (χ0n) is 53.6. The van der Waals surface area contributed by atoms with Crippen molar-refractivity contribution >= 4 is 0 Å². The molecule has 0 bridgehead atoms. The van der Waals surface area contributed by atoms with E-state index < -0.39 is 6.85 Å². The molecule has 0 radical (unpaired) electrons. The van der Waals surface area contributed by atoms with Crippen LogP contribution in [0.3, 0.4) is 0 Å². The summed E-state index contributed by atoms with van der Waals surface area (Å²) < 4.78 is 32.9. The Hall–Kier alpha value is -8.15. The van der Waals surface area contributed by atoms with Gasteiger partial charge < -0.3 is 0 Å². The molecule has 0 atom stereocenters. The highest BCUT2D eigenvalue weighted by Gasteiger charge is 2.20. The van der Waals surface area contributed by atoms with Crippen LogP contribution < -0.4 is 22.8 Å². The molecule has 0 aliphatic heterocycles. The van der Waals surface area contributed by atoms with Crippen LogP contribution in [0.1, 0.15) is 82.0 Å². The number of hydrogen-bond acceptors (Lipinski definition) is 0. The van der Waals surface area contributed by atoms with Gasteiger partial charge in [-0.1, -0.05) is 91.0 Å². The van der Waals surface area contributed by atoms with Crippen molar-refractivity contribution in [3.05, 3.63) is 267 Å². The minimum atomic E-state index is -2.05. The predicted molar refractivity (Wildman–Crippen MR) is 332 cm³/mol. The monoisotopic (exact) mass is 1050 g/mol. The van der Waals surface area contributed by atoms with Gasteiger partial charge in [0.1, 0.15) is 35.2 Å². The minimum absolute atomic E-state index is 0.363. The molecule has 0 saturated carbocycles. The van der Waals surface area contributed by atoms with E-state index in [9.17, 15) is 0 Å². The molecule has 0 aliphatic carbocycles. The maximum absolute atomic E-state index is 7.41. The molecule has 10 aromatic rings. The summed E-state index contributed by atoms with van der Waals surface area (Å²) in [6.07, 6.45) is 10.4. The van der Waals surface area contributed by atoms with E-state index in [4.69, 9.17) is 4.11 Å². The summed E-state index contributed by atoms with van der Waals surface area (Å²) >= 11 is 0. The summed E-state index contributed by atoms with van der Waals surface area (Å²) in [7, 11) is 10.3. The first-order valence-corrected chi connectivity index (χ1v) is 27.5. The molecular formula is C74H88N5+5. The lowest BCUT2D eigenvalue weighted by atomic mass is 9.97. The van der Waals surface area contributed by atoms with E-state index in [1.54, 1.807) is 12.3 Å². The molecule has 5 nitrogen and oxygen atoms in total. The highest BCUT2D eigenvalue weighted by atomic mass is 14.9. The van der Waals surface area contributed by atoms with E-state index in [1.165, 1.54) is 117 Å². The van der Waals surface area contributed by atoms with Crippen LogP contribution in [0.15, 0.2) is 189 Å². The quantitative estimate of drug-likeness (QED) is 0.153. The fraction of sp³-hybridized carbons (Fsp3) is 0.257. The second-order valence-electron chi connectivity index (χ2n) is 21.5. The van der Waals surface area contributed by atoms with Gasteiger partial charge in [-0.15, -0.1) is 0 Å². The van der Waals surface area contributed by atoms with Crippen LogP contribution in [0.2, 0.25) is 0 Å². The zero-order valence-corrected chi connectivity index (χ0v) is 50.6. The Labute approximate surface area is 479 Å². The van der Waals surface area contributed by atoms with E-state index in [0.717, 1.165) is 11.3 Å². The van der Waals surface area contributed by atoms with Crippen LogP contribution >= 0.6 is 0 Å². The van der Waals surface area contributed by atoms with Crippen molar-refractivity contribution in [2.75, 3.05) is 0 Å². The summed E-state index contributed by atoms with van der Waals surface area (Å²) in [4.78, 5) is 0. The van der Waals surface area contributed by atoms with E-state index in [-0.39, 0.29) is 0 Å². The minimum Gasteiger partial charge on any atom is -0.201 e. The molecule has 0 N–H and O–H groups in total. The first-order chi connectivity index (χ1) is 38.8. The molecule has 404 valence electrons. The van der Waals surface area contributed by atoms with Crippen LogP contribution in [-0.2, 0) is 35.2 Å². The van der Waals surface area contributed by atoms with Crippen molar-refractivity contribution in [3.8, 4) is 56.3 Å². The number of aryl methyl sites for hydroxylation is 17. The molecule has 0 amide bonds. The fourth-order valence-electron chi connectivity index (χ4n) is 10.3. The average Bonchev–Trinajstić information content (AvgIpc) is 3.64. The third-order valence-electron chi connectivity index (χ3n) is 15.1. The summed E-state index contributed by atoms with van der Waals surface area (Å²) in [6.45, 7) is 26.0. The second kappa shape index (κ2) is 27.4. The molecule has 5 aromatic heterocycles. The molecule has 5 heteroatoms. The Balaban J connectivity index is 0.000000165. The highest BCUT2D eigenvalue weighted by Crippen LogP contribution is 2.27. The number of rotatable bonds is 5. The SMILES string of the molecule is Cc1cc(-c2ccccc2C)[n+](C)cc1C.Cc1cc(C)c(-c2ccccc2C)[n+](C)c1.Cc1cc[n+](C)c(-c2ccccc2C)c1.Cc1ccccc1-c1c(C)c(C)c(C)c[n+]1C.[2H]C([2H])([2H])c1ccc(-c2ccccc2C)[n+](C)c1.